The van der Waals surface area contributed by atoms with Crippen LogP contribution in [0.3, 0.4) is 0 Å². The second-order valence-corrected chi connectivity index (χ2v) is 6.44. The van der Waals surface area contributed by atoms with Crippen molar-refractivity contribution in [3.05, 3.63) is 35.6 Å². The van der Waals surface area contributed by atoms with E-state index in [1.165, 1.54) is 6.07 Å². The van der Waals surface area contributed by atoms with E-state index in [-0.39, 0.29) is 23.2 Å². The van der Waals surface area contributed by atoms with Crippen molar-refractivity contribution in [3.63, 3.8) is 0 Å². The lowest BCUT2D eigenvalue weighted by Crippen LogP contribution is -2.23. The fraction of sp³-hybridized carbons (Fsp3) is 0.455. The first kappa shape index (κ1) is 11.5. The van der Waals surface area contributed by atoms with Crippen molar-refractivity contribution in [2.24, 2.45) is 11.7 Å². The van der Waals surface area contributed by atoms with Gasteiger partial charge in [0, 0.05) is 11.6 Å². The van der Waals surface area contributed by atoms with Gasteiger partial charge >= 0.3 is 0 Å². The molecule has 3 nitrogen and oxygen atoms in total. The molecule has 0 radical (unpaired) electrons. The predicted molar refractivity (Wildman–Crippen MR) is 60.1 cm³/mol. The number of rotatable bonds is 2. The average Bonchev–Trinajstić information content (AvgIpc) is 2.59. The molecule has 0 aromatic heterocycles. The monoisotopic (exact) mass is 243 g/mol. The predicted octanol–water partition coefficient (Wildman–Crippen LogP) is 1.26. The number of hydrogen-bond donors (Lipinski definition) is 1. The molecule has 0 spiro atoms. The van der Waals surface area contributed by atoms with E-state index in [9.17, 15) is 12.8 Å². The molecule has 1 heterocycles. The Hall–Kier alpha value is -0.940. The summed E-state index contributed by atoms with van der Waals surface area (Å²) in [6.45, 7) is 0. The van der Waals surface area contributed by atoms with Gasteiger partial charge in [-0.15, -0.1) is 0 Å². The molecule has 1 aliphatic rings. The largest absolute Gasteiger partial charge is 0.324 e. The average molecular weight is 243 g/mol. The second-order valence-electron chi connectivity index (χ2n) is 4.21. The van der Waals surface area contributed by atoms with Gasteiger partial charge in [0.1, 0.15) is 5.82 Å². The van der Waals surface area contributed by atoms with Crippen LogP contribution >= 0.6 is 0 Å². The number of sulfone groups is 1. The minimum absolute atomic E-state index is 0.0719. The Kier molecular flexibility index (Phi) is 2.99. The van der Waals surface area contributed by atoms with Gasteiger partial charge in [0.2, 0.25) is 0 Å². The normalized spacial score (nSPS) is 25.5. The van der Waals surface area contributed by atoms with E-state index in [2.05, 4.69) is 0 Å². The second kappa shape index (κ2) is 4.14. The van der Waals surface area contributed by atoms with E-state index < -0.39 is 15.9 Å². The minimum Gasteiger partial charge on any atom is -0.324 e. The van der Waals surface area contributed by atoms with Gasteiger partial charge in [-0.05, 0) is 18.4 Å². The van der Waals surface area contributed by atoms with Gasteiger partial charge in [0.15, 0.2) is 9.84 Å². The molecular weight excluding hydrogens is 229 g/mol. The third kappa shape index (κ3) is 2.25. The van der Waals surface area contributed by atoms with Gasteiger partial charge in [-0.1, -0.05) is 18.2 Å². The van der Waals surface area contributed by atoms with Crippen molar-refractivity contribution >= 4 is 9.84 Å². The summed E-state index contributed by atoms with van der Waals surface area (Å²) in [7, 11) is -2.96. The zero-order chi connectivity index (χ0) is 11.8. The highest BCUT2D eigenvalue weighted by Crippen LogP contribution is 2.30. The van der Waals surface area contributed by atoms with Crippen LogP contribution in [0.25, 0.3) is 0 Å². The molecule has 1 aromatic rings. The van der Waals surface area contributed by atoms with Crippen LogP contribution in [-0.4, -0.2) is 19.9 Å². The van der Waals surface area contributed by atoms with Crippen LogP contribution in [0.4, 0.5) is 4.39 Å². The molecular formula is C11H14FNO2S. The fourth-order valence-electron chi connectivity index (χ4n) is 2.11. The summed E-state index contributed by atoms with van der Waals surface area (Å²) in [5.41, 5.74) is 6.32. The fourth-order valence-corrected chi connectivity index (χ4v) is 3.96. The van der Waals surface area contributed by atoms with Crippen LogP contribution in [-0.2, 0) is 9.84 Å². The Bertz CT molecular complexity index is 487. The summed E-state index contributed by atoms with van der Waals surface area (Å²) >= 11 is 0. The molecule has 1 aromatic carbocycles. The molecule has 88 valence electrons. The van der Waals surface area contributed by atoms with Crippen molar-refractivity contribution in [3.8, 4) is 0 Å². The molecule has 5 heteroatoms. The molecule has 0 bridgehead atoms. The van der Waals surface area contributed by atoms with Crippen molar-refractivity contribution < 1.29 is 12.8 Å². The summed E-state index contributed by atoms with van der Waals surface area (Å²) in [6, 6.07) is 5.74. The Labute approximate surface area is 94.4 Å². The maximum atomic E-state index is 13.5. The lowest BCUT2D eigenvalue weighted by Gasteiger charge is -2.18. The molecule has 0 aliphatic carbocycles. The van der Waals surface area contributed by atoms with Gasteiger partial charge in [0.25, 0.3) is 0 Å². The van der Waals surface area contributed by atoms with Crippen molar-refractivity contribution in [2.45, 2.75) is 12.5 Å². The van der Waals surface area contributed by atoms with Crippen molar-refractivity contribution in [1.82, 2.24) is 0 Å². The summed E-state index contributed by atoms with van der Waals surface area (Å²) in [5, 5.41) is 0. The van der Waals surface area contributed by atoms with Gasteiger partial charge in [0.05, 0.1) is 11.5 Å². The first-order valence-corrected chi connectivity index (χ1v) is 7.02. The summed E-state index contributed by atoms with van der Waals surface area (Å²) in [4.78, 5) is 0. The van der Waals surface area contributed by atoms with E-state index in [0.717, 1.165) is 0 Å². The first-order chi connectivity index (χ1) is 7.49. The molecule has 2 unspecified atom stereocenters. The molecule has 1 aliphatic heterocycles. The Balaban J connectivity index is 2.21. The Morgan fingerprint density at radius 2 is 2.06 bits per heavy atom. The van der Waals surface area contributed by atoms with E-state index >= 15 is 0 Å². The lowest BCUT2D eigenvalue weighted by molar-refractivity contribution is 0.459. The Morgan fingerprint density at radius 3 is 2.62 bits per heavy atom. The molecule has 2 atom stereocenters. The van der Waals surface area contributed by atoms with Crippen LogP contribution in [0.1, 0.15) is 18.0 Å². The van der Waals surface area contributed by atoms with Gasteiger partial charge in [-0.2, -0.15) is 0 Å². The topological polar surface area (TPSA) is 60.2 Å². The highest BCUT2D eigenvalue weighted by Gasteiger charge is 2.33. The minimum atomic E-state index is -2.96. The molecule has 0 amide bonds. The zero-order valence-corrected chi connectivity index (χ0v) is 9.58. The molecule has 0 saturated carbocycles. The summed E-state index contributed by atoms with van der Waals surface area (Å²) in [5.74, 6) is -0.288. The quantitative estimate of drug-likeness (QED) is 0.850. The smallest absolute Gasteiger partial charge is 0.150 e. The van der Waals surface area contributed by atoms with Crippen LogP contribution in [0.2, 0.25) is 0 Å². The van der Waals surface area contributed by atoms with Gasteiger partial charge in [-0.3, -0.25) is 0 Å². The number of nitrogens with two attached hydrogens (primary N) is 1. The SMILES string of the molecule is NC(c1ccccc1F)C1CCS(=O)(=O)C1. The summed E-state index contributed by atoms with van der Waals surface area (Å²) < 4.78 is 36.1. The number of benzene rings is 1. The maximum absolute atomic E-state index is 13.5. The van der Waals surface area contributed by atoms with Crippen LogP contribution in [0.15, 0.2) is 24.3 Å². The van der Waals surface area contributed by atoms with Crippen molar-refractivity contribution in [2.75, 3.05) is 11.5 Å². The highest BCUT2D eigenvalue weighted by atomic mass is 32.2. The van der Waals surface area contributed by atoms with E-state index in [0.29, 0.717) is 12.0 Å². The van der Waals surface area contributed by atoms with E-state index in [1.807, 2.05) is 0 Å². The van der Waals surface area contributed by atoms with Crippen LogP contribution in [0.5, 0.6) is 0 Å². The number of hydrogen-bond acceptors (Lipinski definition) is 3. The van der Waals surface area contributed by atoms with E-state index in [4.69, 9.17) is 5.73 Å². The maximum Gasteiger partial charge on any atom is 0.150 e. The molecule has 2 N–H and O–H groups in total. The van der Waals surface area contributed by atoms with Crippen molar-refractivity contribution in [1.29, 1.82) is 0 Å². The third-order valence-electron chi connectivity index (χ3n) is 3.04. The molecule has 16 heavy (non-hydrogen) atoms. The lowest BCUT2D eigenvalue weighted by atomic mass is 9.93. The van der Waals surface area contributed by atoms with E-state index in [1.54, 1.807) is 18.2 Å². The first-order valence-electron chi connectivity index (χ1n) is 5.20. The Morgan fingerprint density at radius 1 is 1.38 bits per heavy atom. The van der Waals surface area contributed by atoms with Crippen LogP contribution < -0.4 is 5.73 Å². The molecule has 1 saturated heterocycles. The third-order valence-corrected chi connectivity index (χ3v) is 4.83. The molecule has 2 rings (SSSR count). The van der Waals surface area contributed by atoms with Crippen LogP contribution in [0, 0.1) is 11.7 Å². The molecule has 1 fully saturated rings. The van der Waals surface area contributed by atoms with Gasteiger partial charge in [-0.25, -0.2) is 12.8 Å². The highest BCUT2D eigenvalue weighted by molar-refractivity contribution is 7.91. The standard InChI is InChI=1S/C11H14FNO2S/c12-10-4-2-1-3-9(10)11(13)8-5-6-16(14,15)7-8/h1-4,8,11H,5-7,13H2. The summed E-state index contributed by atoms with van der Waals surface area (Å²) in [6.07, 6.45) is 0.526. The number of halogens is 1. The van der Waals surface area contributed by atoms with Gasteiger partial charge < -0.3 is 5.73 Å². The zero-order valence-electron chi connectivity index (χ0n) is 8.77.